The van der Waals surface area contributed by atoms with Crippen LogP contribution < -0.4 is 10.0 Å². The summed E-state index contributed by atoms with van der Waals surface area (Å²) < 4.78 is 31.2. The summed E-state index contributed by atoms with van der Waals surface area (Å²) in [5.41, 5.74) is -0.459. The van der Waals surface area contributed by atoms with E-state index in [0.29, 0.717) is 0 Å². The maximum Gasteiger partial charge on any atom is 0.337 e. The van der Waals surface area contributed by atoms with Crippen molar-refractivity contribution in [3.05, 3.63) is 29.8 Å². The van der Waals surface area contributed by atoms with Gasteiger partial charge in [0.15, 0.2) is 0 Å². The fraction of sp³-hybridized carbons (Fsp3) is 0.231. The van der Waals surface area contributed by atoms with Gasteiger partial charge in [-0.25, -0.2) is 27.7 Å². The van der Waals surface area contributed by atoms with Gasteiger partial charge in [-0.05, 0) is 12.1 Å². The van der Waals surface area contributed by atoms with Crippen LogP contribution >= 0.6 is 0 Å². The number of amidine groups is 1. The Labute approximate surface area is 143 Å². The molecule has 1 heterocycles. The van der Waals surface area contributed by atoms with Crippen LogP contribution in [0, 0.1) is 0 Å². The Hall–Kier alpha value is -3.15. The Morgan fingerprint density at radius 3 is 2.64 bits per heavy atom. The number of aliphatic imine (C=N–C) groups is 2. The van der Waals surface area contributed by atoms with E-state index in [1.165, 1.54) is 19.2 Å². The third-order valence-corrected chi connectivity index (χ3v) is 4.39. The summed E-state index contributed by atoms with van der Waals surface area (Å²) in [5, 5.41) is 11.2. The Bertz CT molecular complexity index is 863. The molecule has 1 aliphatic rings. The highest BCUT2D eigenvalue weighted by Gasteiger charge is 2.25. The predicted octanol–water partition coefficient (Wildman–Crippen LogP) is -0.366. The van der Waals surface area contributed by atoms with Gasteiger partial charge in [-0.3, -0.25) is 5.32 Å². The summed E-state index contributed by atoms with van der Waals surface area (Å²) in [6, 6.07) is 3.96. The maximum atomic E-state index is 12.2. The second kappa shape index (κ2) is 7.17. The SMILES string of the molecule is COC1=NC(NC(=O)NS(=O)(=O)c2ccccc2C(=O)O)=NCN1C. The largest absolute Gasteiger partial charge is 0.478 e. The Morgan fingerprint density at radius 1 is 1.32 bits per heavy atom. The highest BCUT2D eigenvalue weighted by Crippen LogP contribution is 2.15. The number of carboxylic acid groups (broad SMARTS) is 1. The molecule has 3 N–H and O–H groups in total. The normalized spacial score (nSPS) is 14.2. The van der Waals surface area contributed by atoms with Gasteiger partial charge in [-0.15, -0.1) is 0 Å². The van der Waals surface area contributed by atoms with Crippen molar-refractivity contribution in [3.8, 4) is 0 Å². The van der Waals surface area contributed by atoms with Crippen molar-refractivity contribution in [1.82, 2.24) is 14.9 Å². The first-order valence-electron chi connectivity index (χ1n) is 6.79. The molecule has 2 amide bonds. The lowest BCUT2D eigenvalue weighted by atomic mass is 10.2. The first kappa shape index (κ1) is 18.2. The molecule has 0 saturated carbocycles. The number of rotatable bonds is 3. The van der Waals surface area contributed by atoms with Gasteiger partial charge in [0.1, 0.15) is 11.6 Å². The fourth-order valence-corrected chi connectivity index (χ4v) is 3.00. The number of urea groups is 1. The molecule has 0 aliphatic carbocycles. The number of nitrogens with zero attached hydrogens (tertiary/aromatic N) is 3. The van der Waals surface area contributed by atoms with Crippen LogP contribution in [0.25, 0.3) is 0 Å². The molecule has 2 rings (SSSR count). The van der Waals surface area contributed by atoms with Crippen LogP contribution in [0.2, 0.25) is 0 Å². The van der Waals surface area contributed by atoms with Crippen LogP contribution in [0.5, 0.6) is 0 Å². The number of hydrogen-bond acceptors (Lipinski definition) is 8. The van der Waals surface area contributed by atoms with Crippen molar-refractivity contribution >= 4 is 34.0 Å². The molecular weight excluding hydrogens is 354 g/mol. The first-order chi connectivity index (χ1) is 11.7. The summed E-state index contributed by atoms with van der Waals surface area (Å²) in [6.07, 6.45) is 0. The third kappa shape index (κ3) is 4.23. The zero-order chi connectivity index (χ0) is 18.6. The number of carbonyl (C=O) groups excluding carboxylic acids is 1. The van der Waals surface area contributed by atoms with E-state index in [2.05, 4.69) is 15.3 Å². The molecule has 0 fully saturated rings. The number of nitrogens with one attached hydrogen (secondary N) is 2. The second-order valence-electron chi connectivity index (χ2n) is 4.78. The molecule has 134 valence electrons. The first-order valence-corrected chi connectivity index (χ1v) is 8.27. The number of aromatic carboxylic acids is 1. The lowest BCUT2D eigenvalue weighted by molar-refractivity contribution is 0.0692. The third-order valence-electron chi connectivity index (χ3n) is 3.00. The molecule has 1 aromatic rings. The molecule has 0 saturated heterocycles. The van der Waals surface area contributed by atoms with Crippen molar-refractivity contribution < 1.29 is 27.9 Å². The summed E-state index contributed by atoms with van der Waals surface area (Å²) in [6.45, 7) is 0.150. The van der Waals surface area contributed by atoms with Crippen LogP contribution in [-0.2, 0) is 14.8 Å². The van der Waals surface area contributed by atoms with Crippen molar-refractivity contribution in [1.29, 1.82) is 0 Å². The smallest absolute Gasteiger partial charge is 0.337 e. The van der Waals surface area contributed by atoms with E-state index in [-0.39, 0.29) is 18.6 Å². The molecule has 0 spiro atoms. The summed E-state index contributed by atoms with van der Waals surface area (Å²) in [4.78, 5) is 31.8. The van der Waals surface area contributed by atoms with Crippen molar-refractivity contribution in [2.45, 2.75) is 4.90 Å². The number of hydrogen-bond donors (Lipinski definition) is 3. The molecule has 1 aromatic carbocycles. The van der Waals surface area contributed by atoms with E-state index in [1.807, 2.05) is 0 Å². The summed E-state index contributed by atoms with van der Waals surface area (Å²) >= 11 is 0. The molecule has 25 heavy (non-hydrogen) atoms. The van der Waals surface area contributed by atoms with Gasteiger partial charge < -0.3 is 14.7 Å². The van der Waals surface area contributed by atoms with E-state index in [1.54, 1.807) is 16.7 Å². The molecule has 0 bridgehead atoms. The number of ether oxygens (including phenoxy) is 1. The van der Waals surface area contributed by atoms with Gasteiger partial charge in [-0.1, -0.05) is 12.1 Å². The van der Waals surface area contributed by atoms with Crippen LogP contribution in [0.3, 0.4) is 0 Å². The Balaban J connectivity index is 2.16. The second-order valence-corrected chi connectivity index (χ2v) is 6.43. The van der Waals surface area contributed by atoms with E-state index in [4.69, 9.17) is 9.84 Å². The topological polar surface area (TPSA) is 150 Å². The van der Waals surface area contributed by atoms with Crippen molar-refractivity contribution in [2.24, 2.45) is 9.98 Å². The molecule has 11 nitrogen and oxygen atoms in total. The van der Waals surface area contributed by atoms with E-state index in [9.17, 15) is 18.0 Å². The number of benzene rings is 1. The number of carbonyl (C=O) groups is 2. The number of carboxylic acids is 1. The van der Waals surface area contributed by atoms with Gasteiger partial charge in [0.25, 0.3) is 16.0 Å². The van der Waals surface area contributed by atoms with E-state index in [0.717, 1.165) is 12.1 Å². The minimum absolute atomic E-state index is 0.144. The zero-order valence-corrected chi connectivity index (χ0v) is 14.1. The minimum Gasteiger partial charge on any atom is -0.478 e. The van der Waals surface area contributed by atoms with Crippen LogP contribution in [0.4, 0.5) is 4.79 Å². The monoisotopic (exact) mass is 369 g/mol. The lowest BCUT2D eigenvalue weighted by Crippen LogP contribution is -2.45. The Morgan fingerprint density at radius 2 is 2.00 bits per heavy atom. The van der Waals surface area contributed by atoms with Crippen molar-refractivity contribution in [2.75, 3.05) is 20.8 Å². The number of amides is 2. The molecule has 0 unspecified atom stereocenters. The van der Waals surface area contributed by atoms with Gasteiger partial charge in [0, 0.05) is 7.05 Å². The minimum atomic E-state index is -4.40. The van der Waals surface area contributed by atoms with Crippen molar-refractivity contribution in [3.63, 3.8) is 0 Å². The summed E-state index contributed by atoms with van der Waals surface area (Å²) in [7, 11) is -1.36. The van der Waals surface area contributed by atoms with Gasteiger partial charge in [0.2, 0.25) is 5.96 Å². The molecule has 12 heteroatoms. The van der Waals surface area contributed by atoms with Crippen LogP contribution in [0.1, 0.15) is 10.4 Å². The maximum absolute atomic E-state index is 12.2. The standard InChI is InChI=1S/C13H15N5O6S/c1-18-7-14-11(16-13(18)24-2)15-12(21)17-25(22,23)9-6-4-3-5-8(9)10(19)20/h3-6H,7H2,1-2H3,(H,19,20)(H2,14,15,17,21). The average molecular weight is 369 g/mol. The molecule has 0 radical (unpaired) electrons. The van der Waals surface area contributed by atoms with Crippen LogP contribution in [0.15, 0.2) is 39.1 Å². The molecular formula is C13H15N5O6S. The molecule has 0 atom stereocenters. The zero-order valence-electron chi connectivity index (χ0n) is 13.3. The van der Waals surface area contributed by atoms with Gasteiger partial charge in [-0.2, -0.15) is 4.99 Å². The van der Waals surface area contributed by atoms with E-state index >= 15 is 0 Å². The number of guanidine groups is 1. The highest BCUT2D eigenvalue weighted by molar-refractivity contribution is 7.90. The highest BCUT2D eigenvalue weighted by atomic mass is 32.2. The quantitative estimate of drug-likeness (QED) is 0.658. The van der Waals surface area contributed by atoms with Gasteiger partial charge in [0.05, 0.1) is 12.7 Å². The lowest BCUT2D eigenvalue weighted by Gasteiger charge is -2.21. The average Bonchev–Trinajstić information content (AvgIpc) is 2.56. The fourth-order valence-electron chi connectivity index (χ4n) is 1.90. The molecule has 0 aromatic heterocycles. The van der Waals surface area contributed by atoms with E-state index < -0.39 is 32.5 Å². The molecule has 1 aliphatic heterocycles. The predicted molar refractivity (Wildman–Crippen MR) is 86.8 cm³/mol. The number of methoxy groups -OCH3 is 1. The summed E-state index contributed by atoms with van der Waals surface area (Å²) in [5.74, 6) is -1.58. The van der Waals surface area contributed by atoms with Gasteiger partial charge >= 0.3 is 12.0 Å². The van der Waals surface area contributed by atoms with Crippen LogP contribution in [-0.4, -0.2) is 63.2 Å². The Kier molecular flexibility index (Phi) is 5.22. The number of sulfonamides is 1.